The lowest BCUT2D eigenvalue weighted by Gasteiger charge is -2.27. The van der Waals surface area contributed by atoms with Gasteiger partial charge in [0.15, 0.2) is 6.29 Å². The number of aromatic amines is 1. The molecule has 27 heavy (non-hydrogen) atoms. The number of nitrogens with zero attached hydrogens (tertiary/aromatic N) is 2. The minimum atomic E-state index is -0.0867. The largest absolute Gasteiger partial charge is 0.507 e. The van der Waals surface area contributed by atoms with Crippen LogP contribution in [-0.4, -0.2) is 58.5 Å². The number of rotatable bonds is 3. The van der Waals surface area contributed by atoms with E-state index in [1.54, 1.807) is 6.07 Å². The van der Waals surface area contributed by atoms with Crippen molar-refractivity contribution in [2.45, 2.75) is 6.42 Å². The Kier molecular flexibility index (Phi) is 4.60. The number of morpholine rings is 1. The molecule has 2 aliphatic rings. The Hall–Kier alpha value is -3.19. The van der Waals surface area contributed by atoms with E-state index in [0.29, 0.717) is 61.4 Å². The van der Waals surface area contributed by atoms with E-state index in [9.17, 15) is 14.7 Å². The summed E-state index contributed by atoms with van der Waals surface area (Å²) >= 11 is 0. The number of aromatic nitrogens is 2. The Balaban J connectivity index is 1.65. The summed E-state index contributed by atoms with van der Waals surface area (Å²) in [7, 11) is 0. The van der Waals surface area contributed by atoms with Crippen molar-refractivity contribution < 1.29 is 19.4 Å². The molecule has 1 aromatic heterocycles. The van der Waals surface area contributed by atoms with E-state index in [-0.39, 0.29) is 17.2 Å². The van der Waals surface area contributed by atoms with Gasteiger partial charge < -0.3 is 19.7 Å². The van der Waals surface area contributed by atoms with Crippen molar-refractivity contribution in [2.75, 3.05) is 26.3 Å². The van der Waals surface area contributed by atoms with Crippen LogP contribution in [0, 0.1) is 0 Å². The number of phenolic OH excluding ortho intramolecular Hbond substituents is 1. The molecule has 4 rings (SSSR count). The Morgan fingerprint density at radius 1 is 1.26 bits per heavy atom. The highest BCUT2D eigenvalue weighted by Gasteiger charge is 2.20. The molecule has 1 aliphatic heterocycles. The first-order valence-corrected chi connectivity index (χ1v) is 8.79. The zero-order valence-corrected chi connectivity index (χ0v) is 14.6. The van der Waals surface area contributed by atoms with Gasteiger partial charge in [-0.3, -0.25) is 9.59 Å². The molecule has 1 aliphatic carbocycles. The van der Waals surface area contributed by atoms with E-state index in [1.165, 1.54) is 6.07 Å². The summed E-state index contributed by atoms with van der Waals surface area (Å²) in [6.45, 7) is 2.36. The van der Waals surface area contributed by atoms with Crippen LogP contribution in [0.5, 0.6) is 5.75 Å². The molecule has 2 heterocycles. The van der Waals surface area contributed by atoms with Crippen molar-refractivity contribution in [2.24, 2.45) is 0 Å². The van der Waals surface area contributed by atoms with Crippen LogP contribution in [0.3, 0.4) is 0 Å². The molecule has 138 valence electrons. The molecule has 0 spiro atoms. The molecule has 0 radical (unpaired) electrons. The predicted molar refractivity (Wildman–Crippen MR) is 100 cm³/mol. The molecule has 0 saturated carbocycles. The Morgan fingerprint density at radius 3 is 2.85 bits per heavy atom. The van der Waals surface area contributed by atoms with Crippen molar-refractivity contribution >= 4 is 28.8 Å². The van der Waals surface area contributed by atoms with Gasteiger partial charge in [0.2, 0.25) is 5.91 Å². The third-order valence-corrected chi connectivity index (χ3v) is 4.74. The second kappa shape index (κ2) is 7.20. The molecular weight excluding hydrogens is 346 g/mol. The van der Waals surface area contributed by atoms with E-state index in [2.05, 4.69) is 9.97 Å². The van der Waals surface area contributed by atoms with E-state index in [4.69, 9.17) is 4.74 Å². The Labute approximate surface area is 155 Å². The number of allylic oxidation sites excluding steroid dienone is 5. The van der Waals surface area contributed by atoms with Gasteiger partial charge in [-0.1, -0.05) is 24.3 Å². The monoisotopic (exact) mass is 365 g/mol. The lowest BCUT2D eigenvalue weighted by atomic mass is 10.1. The molecule has 0 bridgehead atoms. The Bertz CT molecular complexity index is 994. The Morgan fingerprint density at radius 2 is 2.07 bits per heavy atom. The molecule has 2 aromatic rings. The average Bonchev–Trinajstić information content (AvgIpc) is 2.97. The number of amides is 1. The lowest BCUT2D eigenvalue weighted by molar-refractivity contribution is -0.131. The molecule has 0 unspecified atom stereocenters. The van der Waals surface area contributed by atoms with Crippen molar-refractivity contribution in [3.05, 3.63) is 53.4 Å². The topological polar surface area (TPSA) is 95.5 Å². The predicted octanol–water partition coefficient (Wildman–Crippen LogP) is 2.21. The maximum atomic E-state index is 12.7. The van der Waals surface area contributed by atoms with Crippen molar-refractivity contribution in [1.29, 1.82) is 0 Å². The zero-order chi connectivity index (χ0) is 18.8. The van der Waals surface area contributed by atoms with Crippen molar-refractivity contribution in [3.8, 4) is 5.75 Å². The summed E-state index contributed by atoms with van der Waals surface area (Å²) in [5.74, 6) is 0.515. The molecule has 1 saturated heterocycles. The highest BCUT2D eigenvalue weighted by atomic mass is 16.5. The number of hydrogen-bond donors (Lipinski definition) is 2. The number of nitrogens with one attached hydrogen (secondary N) is 1. The van der Waals surface area contributed by atoms with Gasteiger partial charge in [-0.25, -0.2) is 4.98 Å². The van der Waals surface area contributed by atoms with Gasteiger partial charge in [-0.15, -0.1) is 0 Å². The standard InChI is InChI=1S/C20H19N3O4/c24-12-15-17(25)7-6-16-18(15)22-19(21-16)13-2-1-3-14(5-4-13)20(26)23-8-10-27-11-9-23/h1-2,4-7,12,25H,3,8-11H2,(H,21,22). The molecule has 1 aromatic carbocycles. The third kappa shape index (κ3) is 3.29. The number of H-pyrrole nitrogens is 1. The van der Waals surface area contributed by atoms with Crippen molar-refractivity contribution in [3.63, 3.8) is 0 Å². The number of aldehydes is 1. The summed E-state index contributed by atoms with van der Waals surface area (Å²) in [4.78, 5) is 33.3. The van der Waals surface area contributed by atoms with Gasteiger partial charge in [0.1, 0.15) is 11.6 Å². The number of hydrogen-bond acceptors (Lipinski definition) is 5. The lowest BCUT2D eigenvalue weighted by Crippen LogP contribution is -2.41. The maximum Gasteiger partial charge on any atom is 0.250 e. The van der Waals surface area contributed by atoms with Gasteiger partial charge in [0, 0.05) is 24.2 Å². The number of fused-ring (bicyclic) bond motifs is 1. The third-order valence-electron chi connectivity index (χ3n) is 4.74. The first-order chi connectivity index (χ1) is 13.2. The van der Waals surface area contributed by atoms with Crippen LogP contribution in [-0.2, 0) is 9.53 Å². The van der Waals surface area contributed by atoms with Gasteiger partial charge in [0.25, 0.3) is 0 Å². The number of phenols is 1. The first-order valence-electron chi connectivity index (χ1n) is 8.79. The van der Waals surface area contributed by atoms with Crippen LogP contribution >= 0.6 is 0 Å². The highest BCUT2D eigenvalue weighted by molar-refractivity contribution is 5.98. The molecular formula is C20H19N3O4. The van der Waals surface area contributed by atoms with Crippen LogP contribution in [0.15, 0.2) is 42.0 Å². The average molecular weight is 365 g/mol. The summed E-state index contributed by atoms with van der Waals surface area (Å²) < 4.78 is 5.30. The summed E-state index contributed by atoms with van der Waals surface area (Å²) in [5.41, 5.74) is 2.78. The second-order valence-electron chi connectivity index (χ2n) is 6.42. The quantitative estimate of drug-likeness (QED) is 0.813. The number of benzene rings is 1. The fourth-order valence-corrected chi connectivity index (χ4v) is 3.26. The molecule has 0 atom stereocenters. The van der Waals surface area contributed by atoms with E-state index >= 15 is 0 Å². The number of carbonyl (C=O) groups is 2. The summed E-state index contributed by atoms with van der Waals surface area (Å²) in [6, 6.07) is 3.11. The number of imidazole rings is 1. The molecule has 1 amide bonds. The second-order valence-corrected chi connectivity index (χ2v) is 6.42. The van der Waals surface area contributed by atoms with Crippen LogP contribution in [0.4, 0.5) is 0 Å². The van der Waals surface area contributed by atoms with Gasteiger partial charge in [-0.2, -0.15) is 0 Å². The minimum absolute atomic E-state index is 0.0261. The fourth-order valence-electron chi connectivity index (χ4n) is 3.26. The van der Waals surface area contributed by atoms with Crippen LogP contribution in [0.2, 0.25) is 0 Å². The number of carbonyl (C=O) groups excluding carboxylic acids is 2. The van der Waals surface area contributed by atoms with Crippen LogP contribution < -0.4 is 0 Å². The minimum Gasteiger partial charge on any atom is -0.507 e. The van der Waals surface area contributed by atoms with E-state index < -0.39 is 0 Å². The van der Waals surface area contributed by atoms with Gasteiger partial charge >= 0.3 is 0 Å². The fraction of sp³-hybridized carbons (Fsp3) is 0.250. The van der Waals surface area contributed by atoms with Gasteiger partial charge in [0.05, 0.1) is 29.8 Å². The summed E-state index contributed by atoms with van der Waals surface area (Å²) in [5, 5.41) is 9.82. The molecule has 7 heteroatoms. The van der Waals surface area contributed by atoms with Crippen LogP contribution in [0.1, 0.15) is 22.6 Å². The van der Waals surface area contributed by atoms with Crippen molar-refractivity contribution in [1.82, 2.24) is 14.9 Å². The van der Waals surface area contributed by atoms with Gasteiger partial charge in [-0.05, 0) is 18.6 Å². The summed E-state index contributed by atoms with van der Waals surface area (Å²) in [6.07, 6.45) is 8.63. The van der Waals surface area contributed by atoms with Crippen LogP contribution in [0.25, 0.3) is 16.6 Å². The van der Waals surface area contributed by atoms with E-state index in [1.807, 2.05) is 29.2 Å². The van der Waals surface area contributed by atoms with E-state index in [0.717, 1.165) is 5.57 Å². The maximum absolute atomic E-state index is 12.7. The highest BCUT2D eigenvalue weighted by Crippen LogP contribution is 2.27. The number of aromatic hydroxyl groups is 1. The molecule has 7 nitrogen and oxygen atoms in total. The zero-order valence-electron chi connectivity index (χ0n) is 14.6. The first kappa shape index (κ1) is 17.2. The molecule has 2 N–H and O–H groups in total. The smallest absolute Gasteiger partial charge is 0.250 e. The normalized spacial score (nSPS) is 17.4. The molecule has 1 fully saturated rings. The SMILES string of the molecule is O=Cc1c(O)ccc2nc(C3=CC=C(C(=O)N4CCOCC4)CC=C3)[nH]c12. The number of ether oxygens (including phenoxy) is 1.